The number of nitrogens with two attached hydrogens (primary N) is 1. The molecule has 0 aliphatic carbocycles. The number of carbonyl (C=O) groups is 1. The van der Waals surface area contributed by atoms with Gasteiger partial charge in [0.2, 0.25) is 0 Å². The molecule has 1 aromatic carbocycles. The van der Waals surface area contributed by atoms with Gasteiger partial charge in [-0.25, -0.2) is 0 Å². The molecule has 20 heavy (non-hydrogen) atoms. The lowest BCUT2D eigenvalue weighted by atomic mass is 9.96. The van der Waals surface area contributed by atoms with E-state index in [1.165, 1.54) is 0 Å². The monoisotopic (exact) mass is 277 g/mol. The molecule has 1 amide bonds. The molecule has 108 valence electrons. The van der Waals surface area contributed by atoms with Crippen LogP contribution in [0, 0.1) is 0 Å². The van der Waals surface area contributed by atoms with E-state index in [9.17, 15) is 4.79 Å². The third-order valence-electron chi connectivity index (χ3n) is 3.75. The first-order valence-electron chi connectivity index (χ1n) is 6.50. The first-order valence-corrected chi connectivity index (χ1v) is 6.50. The van der Waals surface area contributed by atoms with E-state index < -0.39 is 5.54 Å². The number of benzene rings is 1. The van der Waals surface area contributed by atoms with Gasteiger partial charge in [0.05, 0.1) is 18.8 Å². The van der Waals surface area contributed by atoms with Crippen molar-refractivity contribution in [3.63, 3.8) is 0 Å². The van der Waals surface area contributed by atoms with Crippen LogP contribution in [0.3, 0.4) is 0 Å². The molecule has 0 saturated carbocycles. The maximum atomic E-state index is 12.3. The van der Waals surface area contributed by atoms with E-state index in [-0.39, 0.29) is 11.7 Å². The number of ether oxygens (including phenoxy) is 1. The van der Waals surface area contributed by atoms with Gasteiger partial charge in [-0.05, 0) is 36.6 Å². The van der Waals surface area contributed by atoms with Crippen LogP contribution in [-0.2, 0) is 18.0 Å². The van der Waals surface area contributed by atoms with Gasteiger partial charge >= 0.3 is 0 Å². The summed E-state index contributed by atoms with van der Waals surface area (Å²) < 4.78 is 5.32. The molecule has 0 saturated heterocycles. The molecule has 1 atom stereocenters. The van der Waals surface area contributed by atoms with Crippen molar-refractivity contribution in [3.05, 3.63) is 34.9 Å². The first-order chi connectivity index (χ1) is 9.50. The maximum Gasteiger partial charge on any atom is 0.252 e. The topological polar surface area (TPSA) is 96.9 Å². The van der Waals surface area contributed by atoms with Gasteiger partial charge in [-0.3, -0.25) is 4.79 Å². The first kappa shape index (κ1) is 14.3. The quantitative estimate of drug-likeness (QED) is 0.335. The minimum Gasteiger partial charge on any atom is -0.409 e. The zero-order chi connectivity index (χ0) is 14.8. The van der Waals surface area contributed by atoms with Gasteiger partial charge in [-0.1, -0.05) is 18.1 Å². The number of nitrogens with zero attached hydrogens (tertiary/aromatic N) is 1. The van der Waals surface area contributed by atoms with Gasteiger partial charge in [0.15, 0.2) is 5.84 Å². The molecular weight excluding hydrogens is 258 g/mol. The number of fused-ring (bicyclic) bond motifs is 1. The average Bonchev–Trinajstić information content (AvgIpc) is 2.93. The molecule has 0 fully saturated rings. The highest BCUT2D eigenvalue weighted by molar-refractivity contribution is 6.00. The fourth-order valence-electron chi connectivity index (χ4n) is 2.08. The third kappa shape index (κ3) is 2.60. The summed E-state index contributed by atoms with van der Waals surface area (Å²) in [6.07, 6.45) is 0.517. The van der Waals surface area contributed by atoms with E-state index in [0.717, 1.165) is 11.1 Å². The van der Waals surface area contributed by atoms with E-state index in [4.69, 9.17) is 15.7 Å². The lowest BCUT2D eigenvalue weighted by molar-refractivity contribution is 0.0924. The Kier molecular flexibility index (Phi) is 3.94. The van der Waals surface area contributed by atoms with Crippen molar-refractivity contribution in [2.24, 2.45) is 10.9 Å². The summed E-state index contributed by atoms with van der Waals surface area (Å²) in [5.41, 5.74) is 7.45. The summed E-state index contributed by atoms with van der Waals surface area (Å²) in [7, 11) is 0. The van der Waals surface area contributed by atoms with Crippen molar-refractivity contribution in [1.82, 2.24) is 5.32 Å². The second-order valence-electron chi connectivity index (χ2n) is 5.10. The Morgan fingerprint density at radius 3 is 2.85 bits per heavy atom. The number of amidine groups is 1. The van der Waals surface area contributed by atoms with Crippen molar-refractivity contribution < 1.29 is 14.7 Å². The molecule has 1 aliphatic rings. The number of hydrogen-bond acceptors (Lipinski definition) is 4. The number of nitrogens with one attached hydrogen (secondary N) is 1. The molecule has 0 radical (unpaired) electrons. The Balaban J connectivity index is 2.19. The number of hydrogen-bond donors (Lipinski definition) is 3. The molecule has 6 heteroatoms. The van der Waals surface area contributed by atoms with E-state index in [2.05, 4.69) is 10.5 Å². The minimum atomic E-state index is -0.874. The van der Waals surface area contributed by atoms with Gasteiger partial charge in [0, 0.05) is 5.56 Å². The highest BCUT2D eigenvalue weighted by Gasteiger charge is 2.30. The van der Waals surface area contributed by atoms with Crippen LogP contribution in [0.5, 0.6) is 0 Å². The Bertz CT molecular complexity index is 557. The highest BCUT2D eigenvalue weighted by atomic mass is 16.5. The molecule has 2 rings (SSSR count). The molecule has 1 unspecified atom stereocenters. The second kappa shape index (κ2) is 5.50. The van der Waals surface area contributed by atoms with Crippen LogP contribution < -0.4 is 11.1 Å². The predicted molar refractivity (Wildman–Crippen MR) is 74.5 cm³/mol. The van der Waals surface area contributed by atoms with Crippen LogP contribution in [0.4, 0.5) is 0 Å². The molecule has 1 heterocycles. The predicted octanol–water partition coefficient (Wildman–Crippen LogP) is 1.36. The van der Waals surface area contributed by atoms with Crippen LogP contribution >= 0.6 is 0 Å². The minimum absolute atomic E-state index is 0.0159. The molecule has 1 aliphatic heterocycles. The van der Waals surface area contributed by atoms with Crippen LogP contribution in [0.2, 0.25) is 0 Å². The van der Waals surface area contributed by atoms with E-state index in [1.807, 2.05) is 19.1 Å². The van der Waals surface area contributed by atoms with Crippen LogP contribution in [0.25, 0.3) is 0 Å². The van der Waals surface area contributed by atoms with Crippen molar-refractivity contribution in [2.45, 2.75) is 39.0 Å². The standard InChI is InChI=1S/C14H19N3O3/c1-3-14(2,13(15)17-19)16-12(18)9-4-5-10-7-20-8-11(10)6-9/h4-6,19H,3,7-8H2,1-2H3,(H2,15,17)(H,16,18). The van der Waals surface area contributed by atoms with Crippen LogP contribution in [0.1, 0.15) is 41.8 Å². The number of amides is 1. The van der Waals surface area contributed by atoms with Crippen molar-refractivity contribution in [1.29, 1.82) is 0 Å². The summed E-state index contributed by atoms with van der Waals surface area (Å²) in [5, 5.41) is 14.6. The normalized spacial score (nSPS) is 17.4. The van der Waals surface area contributed by atoms with Crippen molar-refractivity contribution in [2.75, 3.05) is 0 Å². The van der Waals surface area contributed by atoms with Gasteiger partial charge in [0.25, 0.3) is 5.91 Å². The summed E-state index contributed by atoms with van der Waals surface area (Å²) in [5.74, 6) is -0.270. The molecular formula is C14H19N3O3. The maximum absolute atomic E-state index is 12.3. The molecule has 4 N–H and O–H groups in total. The van der Waals surface area contributed by atoms with Gasteiger partial charge < -0.3 is 21.0 Å². The number of carbonyl (C=O) groups excluding carboxylic acids is 1. The summed E-state index contributed by atoms with van der Waals surface area (Å²) in [4.78, 5) is 12.3. The number of oxime groups is 1. The zero-order valence-corrected chi connectivity index (χ0v) is 11.6. The van der Waals surface area contributed by atoms with E-state index in [1.54, 1.807) is 13.0 Å². The molecule has 0 aromatic heterocycles. The fourth-order valence-corrected chi connectivity index (χ4v) is 2.08. The Hall–Kier alpha value is -2.08. The molecule has 1 aromatic rings. The average molecular weight is 277 g/mol. The largest absolute Gasteiger partial charge is 0.409 e. The molecule has 6 nitrogen and oxygen atoms in total. The molecule has 0 spiro atoms. The number of rotatable bonds is 4. The molecule has 0 bridgehead atoms. The second-order valence-corrected chi connectivity index (χ2v) is 5.10. The Labute approximate surface area is 117 Å². The third-order valence-corrected chi connectivity index (χ3v) is 3.75. The van der Waals surface area contributed by atoms with Gasteiger partial charge in [-0.15, -0.1) is 0 Å². The van der Waals surface area contributed by atoms with Crippen molar-refractivity contribution >= 4 is 11.7 Å². The van der Waals surface area contributed by atoms with Crippen molar-refractivity contribution in [3.8, 4) is 0 Å². The van der Waals surface area contributed by atoms with Gasteiger partial charge in [-0.2, -0.15) is 0 Å². The lowest BCUT2D eigenvalue weighted by Crippen LogP contribution is -2.55. The zero-order valence-electron chi connectivity index (χ0n) is 11.6. The Morgan fingerprint density at radius 1 is 1.50 bits per heavy atom. The van der Waals surface area contributed by atoms with E-state index >= 15 is 0 Å². The SMILES string of the molecule is CCC(C)(NC(=O)c1ccc2c(c1)COC2)C(N)=NO. The van der Waals surface area contributed by atoms with Crippen LogP contribution in [-0.4, -0.2) is 22.5 Å². The Morgan fingerprint density at radius 2 is 2.20 bits per heavy atom. The summed E-state index contributed by atoms with van der Waals surface area (Å²) in [6.45, 7) is 4.70. The summed E-state index contributed by atoms with van der Waals surface area (Å²) >= 11 is 0. The van der Waals surface area contributed by atoms with E-state index in [0.29, 0.717) is 25.2 Å². The lowest BCUT2D eigenvalue weighted by Gasteiger charge is -2.28. The summed E-state index contributed by atoms with van der Waals surface area (Å²) in [6, 6.07) is 5.47. The highest BCUT2D eigenvalue weighted by Crippen LogP contribution is 2.21. The van der Waals surface area contributed by atoms with Crippen LogP contribution in [0.15, 0.2) is 23.4 Å². The van der Waals surface area contributed by atoms with Gasteiger partial charge in [0.1, 0.15) is 0 Å². The fraction of sp³-hybridized carbons (Fsp3) is 0.429. The smallest absolute Gasteiger partial charge is 0.252 e.